The number of phenolic OH excluding ortho intramolecular Hbond substituents is 1. The smallest absolute Gasteiger partial charge is 0.231 e. The van der Waals surface area contributed by atoms with Crippen LogP contribution in [-0.2, 0) is 0 Å². The molecule has 2 heterocycles. The number of Topliss-reactive ketones (excluding diaryl/α,β-unsaturated/α-hetero) is 1. The molecule has 0 atom stereocenters. The molecule has 3 aromatic carbocycles. The van der Waals surface area contributed by atoms with Gasteiger partial charge in [-0.05, 0) is 44.2 Å². The van der Waals surface area contributed by atoms with Crippen molar-refractivity contribution in [2.24, 2.45) is 0 Å². The van der Waals surface area contributed by atoms with E-state index in [0.717, 1.165) is 21.5 Å². The Balaban J connectivity index is 1.75. The van der Waals surface area contributed by atoms with Crippen molar-refractivity contribution in [1.29, 1.82) is 0 Å². The number of aromatic nitrogens is 2. The third kappa shape index (κ3) is 3.78. The third-order valence-corrected chi connectivity index (χ3v) is 7.11. The van der Waals surface area contributed by atoms with Crippen LogP contribution >= 0.6 is 35.0 Å². The molecule has 0 fully saturated rings. The van der Waals surface area contributed by atoms with Crippen LogP contribution in [0, 0.1) is 0 Å². The van der Waals surface area contributed by atoms with E-state index in [1.807, 2.05) is 67.1 Å². The average Bonchev–Trinajstić information content (AvgIpc) is 3.20. The van der Waals surface area contributed by atoms with Gasteiger partial charge in [-0.15, -0.1) is 0 Å². The van der Waals surface area contributed by atoms with Crippen molar-refractivity contribution >= 4 is 62.2 Å². The molecule has 0 unspecified atom stereocenters. The number of allylic oxidation sites excluding steroid dienone is 1. The standard InChI is InChI=1S/C25H19Cl2N3O2S/c1-13(2)30-19-9-5-3-7-15(19)21(29-30)24(32)22-25(16-11-14(26)12-17(27)23(16)31)33-20-10-6-4-8-18(20)28-22/h3-13,28,31H,1-2H3. The second-order valence-electron chi connectivity index (χ2n) is 7.94. The molecule has 0 saturated carbocycles. The molecule has 0 aliphatic carbocycles. The number of benzene rings is 3. The van der Waals surface area contributed by atoms with Gasteiger partial charge >= 0.3 is 0 Å². The number of rotatable bonds is 4. The topological polar surface area (TPSA) is 67.2 Å². The lowest BCUT2D eigenvalue weighted by molar-refractivity contribution is 0.103. The minimum Gasteiger partial charge on any atom is -0.506 e. The van der Waals surface area contributed by atoms with E-state index in [-0.39, 0.29) is 22.6 Å². The predicted octanol–water partition coefficient (Wildman–Crippen LogP) is 7.40. The maximum absolute atomic E-state index is 14.0. The molecule has 166 valence electrons. The van der Waals surface area contributed by atoms with Gasteiger partial charge in [0.15, 0.2) is 0 Å². The first-order chi connectivity index (χ1) is 15.8. The summed E-state index contributed by atoms with van der Waals surface area (Å²) in [5.74, 6) is -0.411. The van der Waals surface area contributed by atoms with Crippen LogP contribution in [0.5, 0.6) is 5.75 Å². The van der Waals surface area contributed by atoms with E-state index < -0.39 is 0 Å². The minimum atomic E-state index is -0.280. The molecule has 1 aromatic heterocycles. The molecule has 5 rings (SSSR count). The number of anilines is 1. The van der Waals surface area contributed by atoms with Crippen LogP contribution in [-0.4, -0.2) is 20.7 Å². The summed E-state index contributed by atoms with van der Waals surface area (Å²) in [5.41, 5.74) is 2.72. The SMILES string of the molecule is CC(C)n1nc(C(=O)C2=C(c3cc(Cl)cc(Cl)c3O)Sc3ccccc3N2)c2ccccc21. The van der Waals surface area contributed by atoms with E-state index in [1.54, 1.807) is 6.07 Å². The molecular formula is C25H19Cl2N3O2S. The number of hydrogen-bond acceptors (Lipinski definition) is 5. The van der Waals surface area contributed by atoms with Crippen molar-refractivity contribution in [2.45, 2.75) is 24.8 Å². The second-order valence-corrected chi connectivity index (χ2v) is 9.84. The van der Waals surface area contributed by atoms with Crippen LogP contribution < -0.4 is 5.32 Å². The highest BCUT2D eigenvalue weighted by atomic mass is 35.5. The zero-order valence-electron chi connectivity index (χ0n) is 17.8. The molecule has 33 heavy (non-hydrogen) atoms. The zero-order chi connectivity index (χ0) is 23.3. The summed E-state index contributed by atoms with van der Waals surface area (Å²) in [6.45, 7) is 4.05. The van der Waals surface area contributed by atoms with Gasteiger partial charge in [0.2, 0.25) is 5.78 Å². The highest BCUT2D eigenvalue weighted by Gasteiger charge is 2.30. The number of halogens is 2. The molecule has 0 saturated heterocycles. The molecule has 8 heteroatoms. The molecule has 1 aliphatic rings. The number of carbonyl (C=O) groups excluding carboxylic acids is 1. The second kappa shape index (κ2) is 8.45. The fraction of sp³-hybridized carbons (Fsp3) is 0.120. The number of para-hydroxylation sites is 2. The Labute approximate surface area is 205 Å². The maximum atomic E-state index is 14.0. The summed E-state index contributed by atoms with van der Waals surface area (Å²) in [6.07, 6.45) is 0. The summed E-state index contributed by atoms with van der Waals surface area (Å²) in [7, 11) is 0. The number of hydrogen-bond donors (Lipinski definition) is 2. The van der Waals surface area contributed by atoms with E-state index >= 15 is 0 Å². The molecule has 0 spiro atoms. The van der Waals surface area contributed by atoms with Gasteiger partial charge in [-0.25, -0.2) is 0 Å². The molecule has 2 N–H and O–H groups in total. The van der Waals surface area contributed by atoms with Gasteiger partial charge in [-0.2, -0.15) is 5.10 Å². The maximum Gasteiger partial charge on any atom is 0.231 e. The number of thioether (sulfide) groups is 1. The summed E-state index contributed by atoms with van der Waals surface area (Å²) in [6, 6.07) is 18.5. The zero-order valence-corrected chi connectivity index (χ0v) is 20.1. The Hall–Kier alpha value is -2.93. The summed E-state index contributed by atoms with van der Waals surface area (Å²) in [5, 5.41) is 19.9. The summed E-state index contributed by atoms with van der Waals surface area (Å²) >= 11 is 13.8. The Bertz CT molecular complexity index is 1460. The van der Waals surface area contributed by atoms with Gasteiger partial charge < -0.3 is 10.4 Å². The first kappa shape index (κ1) is 21.9. The number of carbonyl (C=O) groups is 1. The first-order valence-electron chi connectivity index (χ1n) is 10.3. The fourth-order valence-corrected chi connectivity index (χ4v) is 5.47. The van der Waals surface area contributed by atoms with E-state index in [1.165, 1.54) is 17.8 Å². The predicted molar refractivity (Wildman–Crippen MR) is 135 cm³/mol. The first-order valence-corrected chi connectivity index (χ1v) is 11.9. The van der Waals surface area contributed by atoms with Crippen molar-refractivity contribution in [3.63, 3.8) is 0 Å². The lowest BCUT2D eigenvalue weighted by Crippen LogP contribution is -2.18. The van der Waals surface area contributed by atoms with Crippen molar-refractivity contribution in [3.8, 4) is 5.75 Å². The number of phenols is 1. The van der Waals surface area contributed by atoms with E-state index in [9.17, 15) is 9.90 Å². The summed E-state index contributed by atoms with van der Waals surface area (Å²) < 4.78 is 1.85. The third-order valence-electron chi connectivity index (χ3n) is 5.40. The fourth-order valence-electron chi connectivity index (χ4n) is 3.87. The van der Waals surface area contributed by atoms with Gasteiger partial charge in [-0.3, -0.25) is 9.48 Å². The molecule has 0 bridgehead atoms. The highest BCUT2D eigenvalue weighted by Crippen LogP contribution is 2.49. The quantitative estimate of drug-likeness (QED) is 0.288. The molecular weight excluding hydrogens is 477 g/mol. The largest absolute Gasteiger partial charge is 0.506 e. The number of nitrogens with zero attached hydrogens (tertiary/aromatic N) is 2. The molecule has 0 amide bonds. The summed E-state index contributed by atoms with van der Waals surface area (Å²) in [4.78, 5) is 15.4. The van der Waals surface area contributed by atoms with Crippen molar-refractivity contribution in [1.82, 2.24) is 9.78 Å². The molecule has 5 nitrogen and oxygen atoms in total. The van der Waals surface area contributed by atoms with Gasteiger partial charge in [0.05, 0.1) is 21.1 Å². The Morgan fingerprint density at radius 1 is 1.09 bits per heavy atom. The normalized spacial score (nSPS) is 13.4. The van der Waals surface area contributed by atoms with Gasteiger partial charge in [-0.1, -0.05) is 65.3 Å². The van der Waals surface area contributed by atoms with Crippen LogP contribution in [0.15, 0.2) is 71.3 Å². The van der Waals surface area contributed by atoms with Crippen molar-refractivity contribution in [3.05, 3.63) is 87.7 Å². The van der Waals surface area contributed by atoms with Crippen LogP contribution in [0.25, 0.3) is 15.8 Å². The van der Waals surface area contributed by atoms with Crippen molar-refractivity contribution < 1.29 is 9.90 Å². The van der Waals surface area contributed by atoms with Gasteiger partial charge in [0, 0.05) is 26.9 Å². The number of nitrogens with one attached hydrogen (secondary N) is 1. The lowest BCUT2D eigenvalue weighted by Gasteiger charge is -2.24. The number of ketones is 1. The Kier molecular flexibility index (Phi) is 5.60. The minimum absolute atomic E-state index is 0.0788. The van der Waals surface area contributed by atoms with Crippen LogP contribution in [0.2, 0.25) is 10.0 Å². The van der Waals surface area contributed by atoms with Crippen LogP contribution in [0.4, 0.5) is 5.69 Å². The van der Waals surface area contributed by atoms with Crippen LogP contribution in [0.3, 0.4) is 0 Å². The average molecular weight is 496 g/mol. The highest BCUT2D eigenvalue weighted by molar-refractivity contribution is 8.08. The molecule has 1 aliphatic heterocycles. The van der Waals surface area contributed by atoms with Crippen molar-refractivity contribution in [2.75, 3.05) is 5.32 Å². The van der Waals surface area contributed by atoms with E-state index in [4.69, 9.17) is 23.2 Å². The molecule has 0 radical (unpaired) electrons. The van der Waals surface area contributed by atoms with Gasteiger partial charge in [0.1, 0.15) is 17.1 Å². The lowest BCUT2D eigenvalue weighted by atomic mass is 10.1. The Morgan fingerprint density at radius 2 is 1.82 bits per heavy atom. The van der Waals surface area contributed by atoms with Gasteiger partial charge in [0.25, 0.3) is 0 Å². The van der Waals surface area contributed by atoms with Crippen LogP contribution in [0.1, 0.15) is 35.9 Å². The number of aromatic hydroxyl groups is 1. The van der Waals surface area contributed by atoms with E-state index in [0.29, 0.717) is 26.9 Å². The van der Waals surface area contributed by atoms with E-state index in [2.05, 4.69) is 10.4 Å². The molecule has 4 aromatic rings. The number of fused-ring (bicyclic) bond motifs is 2. The monoisotopic (exact) mass is 495 g/mol. The Morgan fingerprint density at radius 3 is 2.61 bits per heavy atom.